The van der Waals surface area contributed by atoms with Crippen LogP contribution in [0.1, 0.15) is 12.0 Å². The summed E-state index contributed by atoms with van der Waals surface area (Å²) in [5.74, 6) is 1.94. The molecule has 2 fully saturated rings. The number of benzene rings is 1. The summed E-state index contributed by atoms with van der Waals surface area (Å²) in [5, 5.41) is 3.57. The van der Waals surface area contributed by atoms with E-state index >= 15 is 0 Å². The highest BCUT2D eigenvalue weighted by Crippen LogP contribution is 2.32. The van der Waals surface area contributed by atoms with Crippen LogP contribution >= 0.6 is 0 Å². The van der Waals surface area contributed by atoms with Crippen LogP contribution in [0.4, 0.5) is 5.82 Å². The molecule has 144 valence electrons. The third-order valence-corrected chi connectivity index (χ3v) is 6.07. The van der Waals surface area contributed by atoms with Crippen LogP contribution in [0.2, 0.25) is 0 Å². The summed E-state index contributed by atoms with van der Waals surface area (Å²) in [6, 6.07) is 17.9. The second kappa shape index (κ2) is 6.39. The van der Waals surface area contributed by atoms with Crippen LogP contribution < -0.4 is 10.2 Å². The quantitative estimate of drug-likeness (QED) is 0.589. The zero-order chi connectivity index (χ0) is 19.4. The summed E-state index contributed by atoms with van der Waals surface area (Å²) in [6.45, 7) is 4.17. The Morgan fingerprint density at radius 1 is 0.966 bits per heavy atom. The molecule has 29 heavy (non-hydrogen) atoms. The first-order valence-corrected chi connectivity index (χ1v) is 10.1. The van der Waals surface area contributed by atoms with Gasteiger partial charge in [-0.1, -0.05) is 29.8 Å². The van der Waals surface area contributed by atoms with Gasteiger partial charge in [0.1, 0.15) is 17.2 Å². The summed E-state index contributed by atoms with van der Waals surface area (Å²) in [5.41, 5.74) is 5.13. The predicted molar refractivity (Wildman–Crippen MR) is 114 cm³/mol. The third kappa shape index (κ3) is 2.71. The maximum absolute atomic E-state index is 5.09. The number of anilines is 1. The van der Waals surface area contributed by atoms with Crippen molar-refractivity contribution in [2.75, 3.05) is 18.0 Å². The van der Waals surface area contributed by atoms with Crippen LogP contribution in [0.5, 0.6) is 0 Å². The Morgan fingerprint density at radius 2 is 1.79 bits per heavy atom. The number of imidazole rings is 1. The van der Waals surface area contributed by atoms with Gasteiger partial charge in [0.2, 0.25) is 0 Å². The lowest BCUT2D eigenvalue weighted by Gasteiger charge is -2.28. The number of hydrogen-bond acceptors (Lipinski definition) is 5. The second-order valence-corrected chi connectivity index (χ2v) is 8.00. The number of hydrogen-bond donors (Lipinski definition) is 1. The van der Waals surface area contributed by atoms with Crippen molar-refractivity contribution in [2.24, 2.45) is 0 Å². The standard InChI is InChI=1S/C23H22N6/c1-15-2-4-16(5-3-15)22-26-20-6-7-21(28-14-17-12-19(28)13-25-17)27-23(20)29(22)18-8-10-24-11-9-18/h2-11,17,19,25H,12-14H2,1H3. The fourth-order valence-electron chi connectivity index (χ4n) is 4.58. The minimum absolute atomic E-state index is 0.541. The molecule has 2 aliphatic heterocycles. The largest absolute Gasteiger partial charge is 0.351 e. The molecule has 0 amide bonds. The average molecular weight is 382 g/mol. The smallest absolute Gasteiger partial charge is 0.167 e. The zero-order valence-electron chi connectivity index (χ0n) is 16.3. The van der Waals surface area contributed by atoms with Gasteiger partial charge in [-0.2, -0.15) is 0 Å². The van der Waals surface area contributed by atoms with E-state index in [0.29, 0.717) is 12.1 Å². The number of rotatable bonds is 3. The van der Waals surface area contributed by atoms with E-state index in [4.69, 9.17) is 9.97 Å². The summed E-state index contributed by atoms with van der Waals surface area (Å²) in [4.78, 5) is 16.7. The van der Waals surface area contributed by atoms with Crippen molar-refractivity contribution >= 4 is 17.0 Å². The van der Waals surface area contributed by atoms with E-state index in [1.165, 1.54) is 12.0 Å². The monoisotopic (exact) mass is 382 g/mol. The maximum atomic E-state index is 5.09. The van der Waals surface area contributed by atoms with Gasteiger partial charge in [-0.25, -0.2) is 9.97 Å². The van der Waals surface area contributed by atoms with Crippen molar-refractivity contribution in [3.05, 3.63) is 66.5 Å². The van der Waals surface area contributed by atoms with Crippen molar-refractivity contribution in [1.82, 2.24) is 24.8 Å². The number of pyridine rings is 2. The van der Waals surface area contributed by atoms with Gasteiger partial charge in [0.05, 0.1) is 5.69 Å². The molecule has 6 heteroatoms. The van der Waals surface area contributed by atoms with Crippen molar-refractivity contribution in [2.45, 2.75) is 25.4 Å². The highest BCUT2D eigenvalue weighted by molar-refractivity contribution is 5.81. The molecule has 2 atom stereocenters. The van der Waals surface area contributed by atoms with Gasteiger partial charge < -0.3 is 10.2 Å². The summed E-state index contributed by atoms with van der Waals surface area (Å²) >= 11 is 0. The Kier molecular flexibility index (Phi) is 3.67. The van der Waals surface area contributed by atoms with E-state index < -0.39 is 0 Å². The Hall–Kier alpha value is -3.25. The molecule has 0 aliphatic carbocycles. The molecule has 2 unspecified atom stereocenters. The van der Waals surface area contributed by atoms with Crippen LogP contribution in [-0.2, 0) is 0 Å². The van der Waals surface area contributed by atoms with E-state index in [2.05, 4.69) is 63.1 Å². The molecule has 2 saturated heterocycles. The van der Waals surface area contributed by atoms with Gasteiger partial charge >= 0.3 is 0 Å². The molecule has 6 nitrogen and oxygen atoms in total. The molecule has 5 heterocycles. The minimum Gasteiger partial charge on any atom is -0.351 e. The molecule has 0 radical (unpaired) electrons. The van der Waals surface area contributed by atoms with E-state index in [0.717, 1.165) is 47.1 Å². The number of nitrogens with zero attached hydrogens (tertiary/aromatic N) is 5. The highest BCUT2D eigenvalue weighted by Gasteiger charge is 2.38. The third-order valence-electron chi connectivity index (χ3n) is 6.07. The summed E-state index contributed by atoms with van der Waals surface area (Å²) in [6.07, 6.45) is 4.84. The lowest BCUT2D eigenvalue weighted by atomic mass is 10.1. The topological polar surface area (TPSA) is 58.9 Å². The predicted octanol–water partition coefficient (Wildman–Crippen LogP) is 3.34. The molecule has 1 N–H and O–H groups in total. The first-order valence-electron chi connectivity index (χ1n) is 10.1. The Morgan fingerprint density at radius 3 is 2.52 bits per heavy atom. The van der Waals surface area contributed by atoms with Crippen molar-refractivity contribution in [3.8, 4) is 17.1 Å². The van der Waals surface area contributed by atoms with E-state index in [9.17, 15) is 0 Å². The van der Waals surface area contributed by atoms with Crippen LogP contribution in [-0.4, -0.2) is 44.7 Å². The van der Waals surface area contributed by atoms with Crippen LogP contribution in [0.25, 0.3) is 28.2 Å². The van der Waals surface area contributed by atoms with Crippen LogP contribution in [0, 0.1) is 6.92 Å². The lowest BCUT2D eigenvalue weighted by molar-refractivity contribution is 0.577. The second-order valence-electron chi connectivity index (χ2n) is 8.00. The molecule has 0 saturated carbocycles. The average Bonchev–Trinajstić information content (AvgIpc) is 3.48. The number of aryl methyl sites for hydroxylation is 1. The molecule has 0 spiro atoms. The number of nitrogens with one attached hydrogen (secondary N) is 1. The maximum Gasteiger partial charge on any atom is 0.167 e. The number of fused-ring (bicyclic) bond motifs is 3. The molecular formula is C23H22N6. The SMILES string of the molecule is Cc1ccc(-c2nc3ccc(N4CC5CC4CN5)nc3n2-c2ccncc2)cc1. The number of piperazine rings is 1. The Bertz CT molecular complexity index is 1180. The van der Waals surface area contributed by atoms with Gasteiger partial charge in [0.25, 0.3) is 0 Å². The number of aromatic nitrogens is 4. The van der Waals surface area contributed by atoms with Crippen molar-refractivity contribution < 1.29 is 0 Å². The molecule has 6 rings (SSSR count). The lowest BCUT2D eigenvalue weighted by Crippen LogP contribution is -2.44. The minimum atomic E-state index is 0.541. The summed E-state index contributed by atoms with van der Waals surface area (Å²) < 4.78 is 2.15. The van der Waals surface area contributed by atoms with E-state index in [1.54, 1.807) is 0 Å². The van der Waals surface area contributed by atoms with Crippen molar-refractivity contribution in [3.63, 3.8) is 0 Å². The highest BCUT2D eigenvalue weighted by atomic mass is 15.3. The molecule has 2 bridgehead atoms. The Labute approximate surface area is 169 Å². The Balaban J connectivity index is 1.55. The molecular weight excluding hydrogens is 360 g/mol. The molecule has 2 aliphatic rings. The molecule has 3 aromatic heterocycles. The van der Waals surface area contributed by atoms with Gasteiger partial charge in [-0.05, 0) is 37.6 Å². The van der Waals surface area contributed by atoms with Gasteiger partial charge in [-0.3, -0.25) is 9.55 Å². The first-order chi connectivity index (χ1) is 14.3. The van der Waals surface area contributed by atoms with E-state index in [-0.39, 0.29) is 0 Å². The van der Waals surface area contributed by atoms with E-state index in [1.807, 2.05) is 24.5 Å². The van der Waals surface area contributed by atoms with Crippen LogP contribution in [0.3, 0.4) is 0 Å². The van der Waals surface area contributed by atoms with Gasteiger partial charge in [0.15, 0.2) is 5.65 Å². The molecule has 4 aromatic rings. The zero-order valence-corrected chi connectivity index (χ0v) is 16.3. The molecule has 1 aromatic carbocycles. The van der Waals surface area contributed by atoms with Gasteiger partial charge in [-0.15, -0.1) is 0 Å². The fraction of sp³-hybridized carbons (Fsp3) is 0.261. The van der Waals surface area contributed by atoms with Crippen molar-refractivity contribution in [1.29, 1.82) is 0 Å². The normalized spacial score (nSPS) is 20.7. The van der Waals surface area contributed by atoms with Gasteiger partial charge in [0, 0.05) is 43.1 Å². The summed E-state index contributed by atoms with van der Waals surface area (Å²) in [7, 11) is 0. The fourth-order valence-corrected chi connectivity index (χ4v) is 4.58. The first kappa shape index (κ1) is 16.7. The van der Waals surface area contributed by atoms with Crippen LogP contribution in [0.15, 0.2) is 60.9 Å².